The Balaban J connectivity index is 1.75. The number of carbonyl (C=O) groups is 1. The van der Waals surface area contributed by atoms with Gasteiger partial charge in [0.05, 0.1) is 19.0 Å². The number of hydrogen-bond donors (Lipinski definition) is 1. The summed E-state index contributed by atoms with van der Waals surface area (Å²) in [6.45, 7) is 0.760. The lowest BCUT2D eigenvalue weighted by molar-refractivity contribution is -0.0424. The molecule has 0 radical (unpaired) electrons. The van der Waals surface area contributed by atoms with Gasteiger partial charge in [0.25, 0.3) is 5.91 Å². The molecular formula is C19H24N2O7S. The van der Waals surface area contributed by atoms with Crippen LogP contribution in [-0.2, 0) is 14.8 Å². The van der Waals surface area contributed by atoms with Gasteiger partial charge in [0, 0.05) is 32.1 Å². The highest BCUT2D eigenvalue weighted by molar-refractivity contribution is 7.88. The van der Waals surface area contributed by atoms with Gasteiger partial charge in [-0.2, -0.15) is 0 Å². The van der Waals surface area contributed by atoms with Gasteiger partial charge >= 0.3 is 5.63 Å². The van der Waals surface area contributed by atoms with Crippen molar-refractivity contribution in [3.8, 4) is 5.75 Å². The molecule has 10 heteroatoms. The van der Waals surface area contributed by atoms with Crippen LogP contribution in [0.4, 0.5) is 0 Å². The zero-order valence-electron chi connectivity index (χ0n) is 16.6. The lowest BCUT2D eigenvalue weighted by Gasteiger charge is -2.39. The van der Waals surface area contributed by atoms with Crippen molar-refractivity contribution in [3.05, 3.63) is 40.2 Å². The van der Waals surface area contributed by atoms with E-state index < -0.39 is 27.2 Å². The van der Waals surface area contributed by atoms with E-state index in [-0.39, 0.29) is 17.7 Å². The van der Waals surface area contributed by atoms with Crippen LogP contribution < -0.4 is 15.7 Å². The summed E-state index contributed by atoms with van der Waals surface area (Å²) in [4.78, 5) is 24.9. The minimum absolute atomic E-state index is 0.120. The summed E-state index contributed by atoms with van der Waals surface area (Å²) in [5, 5.41) is 3.29. The normalized spacial score (nSPS) is 17.2. The van der Waals surface area contributed by atoms with Crippen molar-refractivity contribution < 1.29 is 27.1 Å². The molecule has 0 spiro atoms. The Morgan fingerprint density at radius 3 is 2.55 bits per heavy atom. The van der Waals surface area contributed by atoms with Gasteiger partial charge in [-0.15, -0.1) is 0 Å². The Morgan fingerprint density at radius 2 is 1.97 bits per heavy atom. The maximum atomic E-state index is 12.6. The van der Waals surface area contributed by atoms with Gasteiger partial charge in [-0.25, -0.2) is 17.5 Å². The zero-order valence-corrected chi connectivity index (χ0v) is 17.4. The highest BCUT2D eigenvalue weighted by Crippen LogP contribution is 2.27. The molecule has 2 heterocycles. The van der Waals surface area contributed by atoms with Gasteiger partial charge in [0.2, 0.25) is 10.0 Å². The molecule has 0 aliphatic carbocycles. The van der Waals surface area contributed by atoms with Crippen LogP contribution in [0.2, 0.25) is 0 Å². The van der Waals surface area contributed by atoms with Crippen molar-refractivity contribution >= 4 is 26.9 Å². The lowest BCUT2D eigenvalue weighted by Crippen LogP contribution is -2.53. The van der Waals surface area contributed by atoms with Gasteiger partial charge in [-0.1, -0.05) is 12.1 Å². The Labute approximate surface area is 168 Å². The number of hydrogen-bond acceptors (Lipinski definition) is 7. The fourth-order valence-electron chi connectivity index (χ4n) is 3.45. The predicted molar refractivity (Wildman–Crippen MR) is 107 cm³/mol. The molecule has 1 saturated heterocycles. The maximum Gasteiger partial charge on any atom is 0.349 e. The van der Waals surface area contributed by atoms with Gasteiger partial charge in [0.1, 0.15) is 5.56 Å². The fourth-order valence-corrected chi connectivity index (χ4v) is 4.30. The first-order chi connectivity index (χ1) is 13.7. The van der Waals surface area contributed by atoms with E-state index in [0.29, 0.717) is 37.1 Å². The minimum Gasteiger partial charge on any atom is -0.493 e. The second-order valence-corrected chi connectivity index (χ2v) is 9.04. The Hall–Kier alpha value is -2.43. The largest absolute Gasteiger partial charge is 0.493 e. The van der Waals surface area contributed by atoms with E-state index in [1.807, 2.05) is 0 Å². The molecule has 3 rings (SSSR count). The topological polar surface area (TPSA) is 115 Å². The molecule has 158 valence electrons. The van der Waals surface area contributed by atoms with Crippen molar-refractivity contribution in [2.24, 2.45) is 0 Å². The molecule has 9 nitrogen and oxygen atoms in total. The second-order valence-electron chi connectivity index (χ2n) is 7.06. The predicted octanol–water partition coefficient (Wildman–Crippen LogP) is 0.972. The van der Waals surface area contributed by atoms with Gasteiger partial charge in [-0.05, 0) is 25.0 Å². The number of ether oxygens (including phenoxy) is 2. The van der Waals surface area contributed by atoms with Crippen LogP contribution in [-0.4, -0.2) is 64.3 Å². The Morgan fingerprint density at radius 1 is 1.28 bits per heavy atom. The van der Waals surface area contributed by atoms with Crippen LogP contribution in [0.25, 0.3) is 11.0 Å². The third-order valence-electron chi connectivity index (χ3n) is 5.30. The van der Waals surface area contributed by atoms with E-state index in [9.17, 15) is 18.0 Å². The SMILES string of the molecule is COc1cccc2cc(C(=O)NCC3(OC)CCN(S(C)(=O)=O)CC3)c(=O)oc12. The quantitative estimate of drug-likeness (QED) is 0.687. The van der Waals surface area contributed by atoms with Crippen LogP contribution in [0, 0.1) is 0 Å². The number of nitrogens with one attached hydrogen (secondary N) is 1. The van der Waals surface area contributed by atoms with Gasteiger partial charge in [-0.3, -0.25) is 4.79 Å². The molecule has 1 aromatic heterocycles. The zero-order chi connectivity index (χ0) is 21.2. The van der Waals surface area contributed by atoms with E-state index >= 15 is 0 Å². The third kappa shape index (κ3) is 4.44. The first-order valence-corrected chi connectivity index (χ1v) is 10.9. The summed E-state index contributed by atoms with van der Waals surface area (Å²) < 4.78 is 40.8. The first-order valence-electron chi connectivity index (χ1n) is 9.08. The van der Waals surface area contributed by atoms with Crippen LogP contribution in [0.15, 0.2) is 33.5 Å². The molecule has 1 aliphatic rings. The second kappa shape index (κ2) is 8.13. The summed E-state index contributed by atoms with van der Waals surface area (Å²) in [6.07, 6.45) is 2.03. The number of rotatable bonds is 6. The van der Waals surface area contributed by atoms with Gasteiger partial charge < -0.3 is 19.2 Å². The molecule has 1 fully saturated rings. The average molecular weight is 424 g/mol. The monoisotopic (exact) mass is 424 g/mol. The molecule has 1 aliphatic heterocycles. The minimum atomic E-state index is -3.26. The molecule has 1 aromatic carbocycles. The lowest BCUT2D eigenvalue weighted by atomic mass is 9.92. The molecule has 29 heavy (non-hydrogen) atoms. The van der Waals surface area contributed by atoms with Crippen molar-refractivity contribution in [2.75, 3.05) is 40.1 Å². The molecule has 0 atom stereocenters. The number of para-hydroxylation sites is 1. The van der Waals surface area contributed by atoms with Crippen molar-refractivity contribution in [2.45, 2.75) is 18.4 Å². The van der Waals surface area contributed by atoms with Crippen molar-refractivity contribution in [1.29, 1.82) is 0 Å². The van der Waals surface area contributed by atoms with Gasteiger partial charge in [0.15, 0.2) is 11.3 Å². The van der Waals surface area contributed by atoms with Crippen LogP contribution in [0.5, 0.6) is 5.75 Å². The number of sulfonamides is 1. The van der Waals surface area contributed by atoms with E-state index in [0.717, 1.165) is 0 Å². The summed E-state index contributed by atoms with van der Waals surface area (Å²) in [6, 6.07) is 6.58. The van der Waals surface area contributed by atoms with E-state index in [4.69, 9.17) is 13.9 Å². The van der Waals surface area contributed by atoms with E-state index in [1.54, 1.807) is 18.2 Å². The number of fused-ring (bicyclic) bond motifs is 1. The average Bonchev–Trinajstić information content (AvgIpc) is 2.70. The Kier molecular flexibility index (Phi) is 5.97. The number of nitrogens with zero attached hydrogens (tertiary/aromatic N) is 1. The smallest absolute Gasteiger partial charge is 0.349 e. The number of amides is 1. The number of methoxy groups -OCH3 is 2. The van der Waals surface area contributed by atoms with E-state index in [2.05, 4.69) is 5.32 Å². The molecular weight excluding hydrogens is 400 g/mol. The third-order valence-corrected chi connectivity index (χ3v) is 6.60. The Bertz CT molecular complexity index is 1070. The van der Waals surface area contributed by atoms with Crippen LogP contribution in [0.1, 0.15) is 23.2 Å². The standard InChI is InChI=1S/C19H24N2O7S/c1-26-15-6-4-5-13-11-14(18(23)28-16(13)15)17(22)20-12-19(27-2)7-9-21(10-8-19)29(3,24)25/h4-6,11H,7-10,12H2,1-3H3,(H,20,22). The summed E-state index contributed by atoms with van der Waals surface area (Å²) >= 11 is 0. The molecule has 1 amide bonds. The molecule has 2 aromatic rings. The highest BCUT2D eigenvalue weighted by Gasteiger charge is 2.37. The van der Waals surface area contributed by atoms with Crippen molar-refractivity contribution in [3.63, 3.8) is 0 Å². The first kappa shape index (κ1) is 21.3. The highest BCUT2D eigenvalue weighted by atomic mass is 32.2. The van der Waals surface area contributed by atoms with Crippen LogP contribution in [0.3, 0.4) is 0 Å². The van der Waals surface area contributed by atoms with Crippen molar-refractivity contribution in [1.82, 2.24) is 9.62 Å². The van der Waals surface area contributed by atoms with E-state index in [1.165, 1.54) is 30.8 Å². The summed E-state index contributed by atoms with van der Waals surface area (Å²) in [7, 11) is -0.271. The summed E-state index contributed by atoms with van der Waals surface area (Å²) in [5.74, 6) is -0.173. The fraction of sp³-hybridized carbons (Fsp3) is 0.474. The number of benzene rings is 1. The number of piperidine rings is 1. The number of carbonyl (C=O) groups excluding carboxylic acids is 1. The van der Waals surface area contributed by atoms with Crippen LogP contribution >= 0.6 is 0 Å². The molecule has 0 saturated carbocycles. The summed E-state index contributed by atoms with van der Waals surface area (Å²) in [5.41, 5.74) is -1.31. The molecule has 0 unspecified atom stereocenters. The maximum absolute atomic E-state index is 12.6. The molecule has 1 N–H and O–H groups in total. The molecule has 0 bridgehead atoms.